The summed E-state index contributed by atoms with van der Waals surface area (Å²) in [4.78, 5) is 32.0. The van der Waals surface area contributed by atoms with Gasteiger partial charge in [-0.25, -0.2) is 0 Å². The van der Waals surface area contributed by atoms with E-state index in [2.05, 4.69) is 31.8 Å². The van der Waals surface area contributed by atoms with E-state index in [-0.39, 0.29) is 17.6 Å². The number of carbonyl (C=O) groups is 1. The number of carbonyl (C=O) groups excluding carboxylic acids is 1. The Morgan fingerprint density at radius 3 is 1.35 bits per heavy atom. The zero-order valence-corrected chi connectivity index (χ0v) is 48.7. The quantitative estimate of drug-likeness (QED) is 0.0157. The van der Waals surface area contributed by atoms with Crippen LogP contribution < -0.4 is 18.9 Å². The van der Waals surface area contributed by atoms with Crippen molar-refractivity contribution in [2.75, 3.05) is 112 Å². The number of unbranched alkanes of at least 4 members (excludes halogenated alkanes) is 8. The molecule has 13 nitrogen and oxygen atoms in total. The highest BCUT2D eigenvalue weighted by Gasteiger charge is 2.26. The molecule has 4 aromatic carbocycles. The zero-order valence-electron chi connectivity index (χ0n) is 48.0. The van der Waals surface area contributed by atoms with E-state index < -0.39 is 4.92 Å². The molecule has 436 valence electrons. The first kappa shape index (κ1) is 64.6. The Labute approximate surface area is 480 Å². The van der Waals surface area contributed by atoms with E-state index in [0.717, 1.165) is 120 Å². The van der Waals surface area contributed by atoms with Crippen molar-refractivity contribution in [2.45, 2.75) is 129 Å². The second-order valence-corrected chi connectivity index (χ2v) is 21.5. The Bertz CT molecular complexity index is 2160. The van der Waals surface area contributed by atoms with Gasteiger partial charge in [-0.15, -0.1) is 0 Å². The minimum Gasteiger partial charge on any atom is -0.494 e. The molecule has 0 bridgehead atoms. The molecule has 0 saturated carbocycles. The van der Waals surface area contributed by atoms with E-state index in [1.54, 1.807) is 12.1 Å². The van der Waals surface area contributed by atoms with Crippen molar-refractivity contribution in [3.8, 4) is 23.0 Å². The van der Waals surface area contributed by atoms with Gasteiger partial charge in [-0.2, -0.15) is 0 Å². The first-order valence-electron chi connectivity index (χ1n) is 30.2. The standard InChI is InChI=1S/C19H29NO3.C16H23NO.C15H22ClNO.C15H22N2O3/c1-2-22-19(21)17-10-9-14-20(16-17)13-7-4-8-15-23-18-11-5-3-6-12-18;1-4-10-16(11-5-1)18-15-9-3-8-14-17-12-6-2-7-13-17;16-14-6-8-15(9-7-14)18-13-5-1-2-10-17-11-3-4-12-17;18-17(19)14-6-8-15(9-7-14)20-13-5-1-2-10-16-11-3-4-12-16/h3,5-6,11-12,17H,2,4,7-10,13-16H2,1H3;1-2,4-6,10-11H,3,7-9,12-15H2;6-9H,1-5,10-13H2;6-9H,1-5,10-13H2. The Balaban J connectivity index is 0.000000195. The van der Waals surface area contributed by atoms with Gasteiger partial charge in [0.05, 0.1) is 43.9 Å². The Morgan fingerprint density at radius 1 is 0.506 bits per heavy atom. The maximum absolute atomic E-state index is 11.8. The molecule has 4 aliphatic heterocycles. The molecule has 14 heteroatoms. The fourth-order valence-corrected chi connectivity index (χ4v) is 10.2. The van der Waals surface area contributed by atoms with E-state index in [4.69, 9.17) is 35.3 Å². The van der Waals surface area contributed by atoms with Crippen LogP contribution in [0.25, 0.3) is 0 Å². The molecule has 0 N–H and O–H groups in total. The van der Waals surface area contributed by atoms with Crippen molar-refractivity contribution in [1.82, 2.24) is 19.6 Å². The van der Waals surface area contributed by atoms with Crippen LogP contribution in [0.5, 0.6) is 23.0 Å². The largest absolute Gasteiger partial charge is 0.494 e. The average molecular weight is 1110 g/mol. The topological polar surface area (TPSA) is 119 Å². The lowest BCUT2D eigenvalue weighted by Gasteiger charge is -2.31. The molecule has 0 aromatic heterocycles. The molecule has 4 aliphatic rings. The lowest BCUT2D eigenvalue weighted by molar-refractivity contribution is -0.384. The van der Waals surface area contributed by atoms with Gasteiger partial charge in [0.2, 0.25) is 0 Å². The average Bonchev–Trinajstić information content (AvgIpc) is 4.23. The number of nitro groups is 1. The number of nitrogens with zero attached hydrogens (tertiary/aromatic N) is 5. The van der Waals surface area contributed by atoms with Gasteiger partial charge in [-0.3, -0.25) is 19.8 Å². The van der Waals surface area contributed by atoms with Gasteiger partial charge in [0.1, 0.15) is 23.0 Å². The highest BCUT2D eigenvalue weighted by Crippen LogP contribution is 2.21. The number of hydrogen-bond acceptors (Lipinski definition) is 12. The SMILES string of the molecule is C1=CCN(CCCCCOc2ccccc2)CC1.CCOC(=O)C1CCCN(CCCCCOc2ccccc2)C1.Clc1ccc(OCCCCCN2CCCC2)cc1.O=[N+]([O-])c1ccc(OCCCCCN2CCCC2)cc1. The van der Waals surface area contributed by atoms with Crippen LogP contribution in [0.2, 0.25) is 5.02 Å². The van der Waals surface area contributed by atoms with Crippen molar-refractivity contribution in [3.05, 3.63) is 136 Å². The number of esters is 1. The minimum absolute atomic E-state index is 0.0199. The fourth-order valence-electron chi connectivity index (χ4n) is 10.1. The van der Waals surface area contributed by atoms with Gasteiger partial charge < -0.3 is 38.4 Å². The van der Waals surface area contributed by atoms with Gasteiger partial charge in [0.25, 0.3) is 5.69 Å². The summed E-state index contributed by atoms with van der Waals surface area (Å²) in [7, 11) is 0. The molecule has 79 heavy (non-hydrogen) atoms. The van der Waals surface area contributed by atoms with Gasteiger partial charge in [-0.05, 0) is 248 Å². The number of rotatable bonds is 31. The first-order chi connectivity index (χ1) is 38.8. The summed E-state index contributed by atoms with van der Waals surface area (Å²) in [5, 5.41) is 11.3. The van der Waals surface area contributed by atoms with E-state index in [9.17, 15) is 14.9 Å². The summed E-state index contributed by atoms with van der Waals surface area (Å²) in [6, 6.07) is 33.9. The van der Waals surface area contributed by atoms with Crippen LogP contribution in [-0.4, -0.2) is 142 Å². The number of likely N-dealkylation sites (tertiary alicyclic amines) is 3. The van der Waals surface area contributed by atoms with Crippen LogP contribution in [0.15, 0.2) is 121 Å². The van der Waals surface area contributed by atoms with Crippen molar-refractivity contribution in [1.29, 1.82) is 0 Å². The minimum atomic E-state index is -0.401. The molecule has 0 amide bonds. The predicted molar refractivity (Wildman–Crippen MR) is 322 cm³/mol. The Morgan fingerprint density at radius 2 is 0.924 bits per heavy atom. The molecule has 8 rings (SSSR count). The molecule has 0 radical (unpaired) electrons. The van der Waals surface area contributed by atoms with Crippen molar-refractivity contribution < 1.29 is 33.4 Å². The summed E-state index contributed by atoms with van der Waals surface area (Å²) in [6.45, 7) is 19.7. The smallest absolute Gasteiger partial charge is 0.310 e. The molecule has 1 atom stereocenters. The number of piperidine rings is 1. The molecule has 4 heterocycles. The third-order valence-corrected chi connectivity index (χ3v) is 14.8. The molecule has 0 spiro atoms. The van der Waals surface area contributed by atoms with Crippen LogP contribution in [0, 0.1) is 16.0 Å². The maximum Gasteiger partial charge on any atom is 0.310 e. The Hall–Kier alpha value is -5.18. The summed E-state index contributed by atoms with van der Waals surface area (Å²) in [5.41, 5.74) is 0.1000. The molecular formula is C65H96ClN5O8. The van der Waals surface area contributed by atoms with Gasteiger partial charge >= 0.3 is 5.97 Å². The monoisotopic (exact) mass is 1110 g/mol. The summed E-state index contributed by atoms with van der Waals surface area (Å²) >= 11 is 5.82. The second-order valence-electron chi connectivity index (χ2n) is 21.0. The summed E-state index contributed by atoms with van der Waals surface area (Å²) in [6.07, 6.45) is 27.5. The van der Waals surface area contributed by atoms with E-state index >= 15 is 0 Å². The van der Waals surface area contributed by atoms with E-state index in [1.807, 2.05) is 91.9 Å². The first-order valence-corrected chi connectivity index (χ1v) is 30.5. The van der Waals surface area contributed by atoms with E-state index in [0.29, 0.717) is 19.0 Å². The molecule has 3 fully saturated rings. The predicted octanol–water partition coefficient (Wildman–Crippen LogP) is 14.2. The fraction of sp³-hybridized carbons (Fsp3) is 0.585. The zero-order chi connectivity index (χ0) is 55.6. The van der Waals surface area contributed by atoms with Crippen LogP contribution in [0.1, 0.15) is 129 Å². The number of benzene rings is 4. The van der Waals surface area contributed by atoms with E-state index in [1.165, 1.54) is 135 Å². The van der Waals surface area contributed by atoms with Crippen LogP contribution >= 0.6 is 11.6 Å². The molecule has 3 saturated heterocycles. The highest BCUT2D eigenvalue weighted by molar-refractivity contribution is 6.30. The van der Waals surface area contributed by atoms with Gasteiger partial charge in [-0.1, -0.05) is 60.2 Å². The van der Waals surface area contributed by atoms with Crippen LogP contribution in [0.4, 0.5) is 5.69 Å². The van der Waals surface area contributed by atoms with Crippen LogP contribution in [-0.2, 0) is 9.53 Å². The number of non-ortho nitro benzene ring substituents is 1. The van der Waals surface area contributed by atoms with Gasteiger partial charge in [0, 0.05) is 36.8 Å². The van der Waals surface area contributed by atoms with Crippen molar-refractivity contribution in [2.24, 2.45) is 5.92 Å². The number of nitro benzene ring substituents is 1. The third-order valence-electron chi connectivity index (χ3n) is 14.6. The molecule has 1 unspecified atom stereocenters. The number of halogens is 1. The van der Waals surface area contributed by atoms with Gasteiger partial charge in [0.15, 0.2) is 0 Å². The summed E-state index contributed by atoms with van der Waals surface area (Å²) < 4.78 is 27.8. The summed E-state index contributed by atoms with van der Waals surface area (Å²) in [5.74, 6) is 3.60. The maximum atomic E-state index is 11.8. The molecule has 0 aliphatic carbocycles. The van der Waals surface area contributed by atoms with Crippen LogP contribution in [0.3, 0.4) is 0 Å². The second kappa shape index (κ2) is 41.8. The molecular weight excluding hydrogens is 1010 g/mol. The number of hydrogen-bond donors (Lipinski definition) is 0. The lowest BCUT2D eigenvalue weighted by atomic mass is 9.98. The number of ether oxygens (including phenoxy) is 5. The van der Waals surface area contributed by atoms with Crippen molar-refractivity contribution in [3.63, 3.8) is 0 Å². The van der Waals surface area contributed by atoms with Crippen molar-refractivity contribution >= 4 is 23.3 Å². The Kier molecular flexibility index (Phi) is 34.2. The third kappa shape index (κ3) is 30.3. The lowest BCUT2D eigenvalue weighted by Crippen LogP contribution is -2.39. The molecule has 4 aromatic rings. The normalized spacial score (nSPS) is 16.6. The number of para-hydroxylation sites is 2. The highest BCUT2D eigenvalue weighted by atomic mass is 35.5.